The summed E-state index contributed by atoms with van der Waals surface area (Å²) in [5.41, 5.74) is 2.43. The van der Waals surface area contributed by atoms with E-state index < -0.39 is 0 Å². The number of aromatic nitrogens is 3. The van der Waals surface area contributed by atoms with Crippen molar-refractivity contribution in [1.82, 2.24) is 19.4 Å². The van der Waals surface area contributed by atoms with Crippen molar-refractivity contribution in [3.8, 4) is 0 Å². The summed E-state index contributed by atoms with van der Waals surface area (Å²) in [7, 11) is 2.06. The Morgan fingerprint density at radius 3 is 2.73 bits per heavy atom. The third kappa shape index (κ3) is 2.62. The largest absolute Gasteiger partial charge is 0.337 e. The van der Waals surface area contributed by atoms with Gasteiger partial charge in [0, 0.05) is 43.6 Å². The van der Waals surface area contributed by atoms with Crippen LogP contribution in [0.3, 0.4) is 0 Å². The summed E-state index contributed by atoms with van der Waals surface area (Å²) in [4.78, 5) is 11.5. The van der Waals surface area contributed by atoms with E-state index >= 15 is 0 Å². The number of pyridine rings is 1. The molecule has 4 rings (SSSR count). The Labute approximate surface area is 130 Å². The third-order valence-corrected chi connectivity index (χ3v) is 4.44. The molecule has 0 saturated heterocycles. The van der Waals surface area contributed by atoms with Crippen LogP contribution in [-0.4, -0.2) is 25.5 Å². The fraction of sp³-hybridized carbons (Fsp3) is 0.333. The van der Waals surface area contributed by atoms with Gasteiger partial charge in [0.2, 0.25) is 0 Å². The van der Waals surface area contributed by atoms with Crippen LogP contribution in [0, 0.1) is 0 Å². The molecule has 0 atom stereocenters. The van der Waals surface area contributed by atoms with Gasteiger partial charge in [-0.1, -0.05) is 18.2 Å². The Bertz CT molecular complexity index is 783. The Balaban J connectivity index is 1.62. The highest BCUT2D eigenvalue weighted by Gasteiger charge is 2.30. The maximum absolute atomic E-state index is 4.48. The molecule has 0 radical (unpaired) electrons. The second-order valence-corrected chi connectivity index (χ2v) is 6.08. The van der Waals surface area contributed by atoms with Crippen LogP contribution >= 0.6 is 0 Å². The van der Waals surface area contributed by atoms with Crippen molar-refractivity contribution in [1.29, 1.82) is 0 Å². The molecule has 3 aromatic rings. The fourth-order valence-electron chi connectivity index (χ4n) is 3.00. The molecule has 0 bridgehead atoms. The lowest BCUT2D eigenvalue weighted by molar-refractivity contribution is 0.238. The first-order valence-corrected chi connectivity index (χ1v) is 7.84. The van der Waals surface area contributed by atoms with Crippen LogP contribution in [0.4, 0.5) is 0 Å². The predicted molar refractivity (Wildman–Crippen MR) is 87.2 cm³/mol. The summed E-state index contributed by atoms with van der Waals surface area (Å²) >= 11 is 0. The molecule has 0 unspecified atom stereocenters. The van der Waals surface area contributed by atoms with E-state index in [1.807, 2.05) is 24.7 Å². The summed E-state index contributed by atoms with van der Waals surface area (Å²) in [6.07, 6.45) is 8.41. The van der Waals surface area contributed by atoms with Gasteiger partial charge in [0.25, 0.3) is 0 Å². The normalized spacial score (nSPS) is 14.8. The van der Waals surface area contributed by atoms with Crippen LogP contribution in [0.2, 0.25) is 0 Å². The van der Waals surface area contributed by atoms with Gasteiger partial charge < -0.3 is 4.57 Å². The lowest BCUT2D eigenvalue weighted by atomic mass is 10.1. The first-order chi connectivity index (χ1) is 10.8. The second kappa shape index (κ2) is 5.54. The number of aryl methyl sites for hydroxylation is 1. The van der Waals surface area contributed by atoms with E-state index in [1.54, 1.807) is 0 Å². The van der Waals surface area contributed by atoms with Crippen LogP contribution in [-0.2, 0) is 20.1 Å². The first kappa shape index (κ1) is 13.5. The molecule has 0 amide bonds. The molecule has 1 saturated carbocycles. The Morgan fingerprint density at radius 2 is 1.95 bits per heavy atom. The number of para-hydroxylation sites is 1. The zero-order chi connectivity index (χ0) is 14.9. The van der Waals surface area contributed by atoms with Crippen molar-refractivity contribution in [2.75, 3.05) is 0 Å². The number of hydrogen-bond acceptors (Lipinski definition) is 3. The van der Waals surface area contributed by atoms with Gasteiger partial charge in [0.1, 0.15) is 5.82 Å². The summed E-state index contributed by atoms with van der Waals surface area (Å²) in [6.45, 7) is 1.87. The smallest absolute Gasteiger partial charge is 0.122 e. The van der Waals surface area contributed by atoms with Crippen molar-refractivity contribution >= 4 is 10.9 Å². The van der Waals surface area contributed by atoms with E-state index in [-0.39, 0.29) is 0 Å². The lowest BCUT2D eigenvalue weighted by Gasteiger charge is -2.22. The van der Waals surface area contributed by atoms with Crippen molar-refractivity contribution in [2.45, 2.75) is 32.0 Å². The number of nitrogens with zero attached hydrogens (tertiary/aromatic N) is 4. The van der Waals surface area contributed by atoms with E-state index in [0.29, 0.717) is 6.04 Å². The zero-order valence-corrected chi connectivity index (χ0v) is 12.8. The van der Waals surface area contributed by atoms with E-state index in [9.17, 15) is 0 Å². The molecule has 0 N–H and O–H groups in total. The Kier molecular flexibility index (Phi) is 3.39. The molecule has 1 aromatic carbocycles. The Hall–Kier alpha value is -2.20. The fourth-order valence-corrected chi connectivity index (χ4v) is 3.00. The maximum Gasteiger partial charge on any atom is 0.122 e. The van der Waals surface area contributed by atoms with Gasteiger partial charge in [0.05, 0.1) is 12.1 Å². The monoisotopic (exact) mass is 292 g/mol. The van der Waals surface area contributed by atoms with Gasteiger partial charge in [-0.2, -0.15) is 0 Å². The molecule has 0 aliphatic heterocycles. The average molecular weight is 292 g/mol. The van der Waals surface area contributed by atoms with E-state index in [0.717, 1.165) is 24.4 Å². The van der Waals surface area contributed by atoms with Crippen LogP contribution in [0.25, 0.3) is 10.9 Å². The Morgan fingerprint density at radius 1 is 1.09 bits per heavy atom. The molecular formula is C18H20N4. The van der Waals surface area contributed by atoms with Gasteiger partial charge >= 0.3 is 0 Å². The highest BCUT2D eigenvalue weighted by molar-refractivity contribution is 5.81. The quantitative estimate of drug-likeness (QED) is 0.724. The lowest BCUT2D eigenvalue weighted by Crippen LogP contribution is -2.26. The molecule has 0 spiro atoms. The molecule has 4 nitrogen and oxygen atoms in total. The standard InChI is InChI=1S/C18H20N4/c1-21-11-10-20-18(21)13-22(15-6-7-15)12-14-8-9-19-17-5-3-2-4-16(14)17/h2-5,8-11,15H,6-7,12-13H2,1H3. The molecule has 2 heterocycles. The molecular weight excluding hydrogens is 272 g/mol. The van der Waals surface area contributed by atoms with Gasteiger partial charge in [-0.25, -0.2) is 4.98 Å². The van der Waals surface area contributed by atoms with Crippen molar-refractivity contribution in [3.05, 3.63) is 60.3 Å². The van der Waals surface area contributed by atoms with Crippen molar-refractivity contribution in [2.24, 2.45) is 7.05 Å². The minimum atomic E-state index is 0.698. The van der Waals surface area contributed by atoms with Crippen molar-refractivity contribution < 1.29 is 0 Å². The van der Waals surface area contributed by atoms with Gasteiger partial charge in [-0.15, -0.1) is 0 Å². The van der Waals surface area contributed by atoms with Gasteiger partial charge in [-0.05, 0) is 30.5 Å². The third-order valence-electron chi connectivity index (χ3n) is 4.44. The number of rotatable bonds is 5. The molecule has 112 valence electrons. The van der Waals surface area contributed by atoms with E-state index in [4.69, 9.17) is 0 Å². The number of imidazole rings is 1. The number of fused-ring (bicyclic) bond motifs is 1. The molecule has 22 heavy (non-hydrogen) atoms. The van der Waals surface area contributed by atoms with Gasteiger partial charge in [0.15, 0.2) is 0 Å². The number of hydrogen-bond donors (Lipinski definition) is 0. The SMILES string of the molecule is Cn1ccnc1CN(Cc1ccnc2ccccc12)C1CC1. The molecule has 4 heteroatoms. The second-order valence-electron chi connectivity index (χ2n) is 6.08. The van der Waals surface area contributed by atoms with Crippen LogP contribution in [0.5, 0.6) is 0 Å². The van der Waals surface area contributed by atoms with Crippen LogP contribution < -0.4 is 0 Å². The number of benzene rings is 1. The first-order valence-electron chi connectivity index (χ1n) is 7.84. The molecule has 1 aliphatic carbocycles. The van der Waals surface area contributed by atoms with E-state index in [1.165, 1.54) is 23.8 Å². The maximum atomic E-state index is 4.48. The zero-order valence-electron chi connectivity index (χ0n) is 12.8. The molecule has 2 aromatic heterocycles. The highest BCUT2D eigenvalue weighted by atomic mass is 15.2. The summed E-state index contributed by atoms with van der Waals surface area (Å²) in [6, 6.07) is 11.2. The minimum Gasteiger partial charge on any atom is -0.337 e. The molecule has 1 aliphatic rings. The predicted octanol–water partition coefficient (Wildman–Crippen LogP) is 3.13. The highest BCUT2D eigenvalue weighted by Crippen LogP contribution is 2.30. The van der Waals surface area contributed by atoms with Crippen LogP contribution in [0.15, 0.2) is 48.9 Å². The minimum absolute atomic E-state index is 0.698. The van der Waals surface area contributed by atoms with Crippen molar-refractivity contribution in [3.63, 3.8) is 0 Å². The van der Waals surface area contributed by atoms with E-state index in [2.05, 4.69) is 50.7 Å². The van der Waals surface area contributed by atoms with Crippen LogP contribution in [0.1, 0.15) is 24.2 Å². The summed E-state index contributed by atoms with van der Waals surface area (Å²) in [5, 5.41) is 1.26. The topological polar surface area (TPSA) is 34.0 Å². The van der Waals surface area contributed by atoms with Gasteiger partial charge in [-0.3, -0.25) is 9.88 Å². The summed E-state index contributed by atoms with van der Waals surface area (Å²) in [5.74, 6) is 1.13. The molecule has 1 fully saturated rings. The average Bonchev–Trinajstić information content (AvgIpc) is 3.31. The summed E-state index contributed by atoms with van der Waals surface area (Å²) < 4.78 is 2.11.